The molecule has 1 unspecified atom stereocenters. The van der Waals surface area contributed by atoms with Crippen LogP contribution in [0, 0.1) is 6.92 Å². The summed E-state index contributed by atoms with van der Waals surface area (Å²) < 4.78 is 11.9. The number of hydrogen-bond acceptors (Lipinski definition) is 7. The van der Waals surface area contributed by atoms with E-state index in [-0.39, 0.29) is 17.6 Å². The third-order valence-corrected chi connectivity index (χ3v) is 7.62. The molecule has 0 bridgehead atoms. The summed E-state index contributed by atoms with van der Waals surface area (Å²) in [5, 5.41) is 10.7. The second-order valence-corrected chi connectivity index (χ2v) is 10.0. The fraction of sp³-hybridized carbons (Fsp3) is 0.577. The molecule has 8 heteroatoms. The molecule has 3 fully saturated rings. The standard InChI is InChI=1S/C26H34N4O4/c1-19-15-20(5-6-22(19)26(32)7-3-8-26)23(31)29-13-9-25(10-14-29)18-30(16-21(34-25)17-33-2)24-27-11-4-12-28-24/h4-6,11-12,15,21,32H,3,7-10,13-14,16-18H2,1-2H3. The van der Waals surface area contributed by atoms with Gasteiger partial charge in [-0.05, 0) is 68.4 Å². The van der Waals surface area contributed by atoms with E-state index < -0.39 is 5.60 Å². The first-order chi connectivity index (χ1) is 16.4. The average Bonchev–Trinajstić information content (AvgIpc) is 2.83. The molecular formula is C26H34N4O4. The Morgan fingerprint density at radius 2 is 1.94 bits per heavy atom. The van der Waals surface area contributed by atoms with Gasteiger partial charge >= 0.3 is 0 Å². The number of nitrogens with zero attached hydrogens (tertiary/aromatic N) is 4. The van der Waals surface area contributed by atoms with Crippen LogP contribution in [0.15, 0.2) is 36.7 Å². The Hall–Kier alpha value is -2.55. The molecule has 2 aliphatic heterocycles. The largest absolute Gasteiger partial charge is 0.385 e. The van der Waals surface area contributed by atoms with E-state index in [0.717, 1.165) is 43.2 Å². The molecule has 3 heterocycles. The van der Waals surface area contributed by atoms with E-state index in [0.29, 0.717) is 44.3 Å². The summed E-state index contributed by atoms with van der Waals surface area (Å²) in [5.74, 6) is 0.742. The highest BCUT2D eigenvalue weighted by atomic mass is 16.5. The van der Waals surface area contributed by atoms with Crippen molar-refractivity contribution in [2.24, 2.45) is 0 Å². The second-order valence-electron chi connectivity index (χ2n) is 10.0. The van der Waals surface area contributed by atoms with Crippen LogP contribution in [-0.4, -0.2) is 77.5 Å². The zero-order valence-electron chi connectivity index (χ0n) is 20.1. The molecule has 182 valence electrons. The molecule has 1 spiro atoms. The number of benzene rings is 1. The van der Waals surface area contributed by atoms with Gasteiger partial charge in [-0.1, -0.05) is 6.07 Å². The Labute approximate surface area is 200 Å². The third-order valence-electron chi connectivity index (χ3n) is 7.62. The third kappa shape index (κ3) is 4.42. The molecule has 0 radical (unpaired) electrons. The molecule has 8 nitrogen and oxygen atoms in total. The van der Waals surface area contributed by atoms with E-state index in [2.05, 4.69) is 14.9 Å². The lowest BCUT2D eigenvalue weighted by Gasteiger charge is -2.49. The number of anilines is 1. The molecule has 1 aliphatic carbocycles. The van der Waals surface area contributed by atoms with Crippen LogP contribution in [0.1, 0.15) is 53.6 Å². The van der Waals surface area contributed by atoms with Crippen molar-refractivity contribution in [1.29, 1.82) is 0 Å². The van der Waals surface area contributed by atoms with Crippen LogP contribution < -0.4 is 4.90 Å². The van der Waals surface area contributed by atoms with Crippen molar-refractivity contribution in [2.75, 3.05) is 44.8 Å². The number of aliphatic hydroxyl groups is 1. The van der Waals surface area contributed by atoms with Crippen molar-refractivity contribution in [1.82, 2.24) is 14.9 Å². The number of methoxy groups -OCH3 is 1. The van der Waals surface area contributed by atoms with Crippen LogP contribution in [0.3, 0.4) is 0 Å². The number of carbonyl (C=O) groups is 1. The summed E-state index contributed by atoms with van der Waals surface area (Å²) in [5.41, 5.74) is 1.55. The van der Waals surface area contributed by atoms with Crippen molar-refractivity contribution < 1.29 is 19.4 Å². The Balaban J connectivity index is 1.27. The summed E-state index contributed by atoms with van der Waals surface area (Å²) in [6, 6.07) is 7.55. The number of aromatic nitrogens is 2. The lowest BCUT2D eigenvalue weighted by atomic mass is 9.73. The van der Waals surface area contributed by atoms with E-state index in [1.54, 1.807) is 19.5 Å². The number of piperidine rings is 1. The Morgan fingerprint density at radius 1 is 1.21 bits per heavy atom. The Bertz CT molecular complexity index is 1020. The number of morpholine rings is 1. The van der Waals surface area contributed by atoms with Crippen LogP contribution in [-0.2, 0) is 15.1 Å². The summed E-state index contributed by atoms with van der Waals surface area (Å²) in [6.07, 6.45) is 7.58. The molecule has 1 N–H and O–H groups in total. The number of likely N-dealkylation sites (tertiary alicyclic amines) is 1. The van der Waals surface area contributed by atoms with Crippen LogP contribution in [0.25, 0.3) is 0 Å². The molecule has 2 saturated heterocycles. The number of amides is 1. The van der Waals surface area contributed by atoms with Crippen LogP contribution in [0.4, 0.5) is 5.95 Å². The molecule has 34 heavy (non-hydrogen) atoms. The summed E-state index contributed by atoms with van der Waals surface area (Å²) in [7, 11) is 1.69. The molecule has 5 rings (SSSR count). The van der Waals surface area contributed by atoms with Crippen molar-refractivity contribution in [3.05, 3.63) is 53.3 Å². The van der Waals surface area contributed by atoms with Gasteiger partial charge in [-0.25, -0.2) is 9.97 Å². The molecule has 1 saturated carbocycles. The van der Waals surface area contributed by atoms with Crippen molar-refractivity contribution in [3.63, 3.8) is 0 Å². The van der Waals surface area contributed by atoms with E-state index in [1.807, 2.05) is 36.1 Å². The first-order valence-electron chi connectivity index (χ1n) is 12.2. The van der Waals surface area contributed by atoms with E-state index in [9.17, 15) is 9.90 Å². The molecular weight excluding hydrogens is 432 g/mol. The molecule has 3 aliphatic rings. The highest BCUT2D eigenvalue weighted by Gasteiger charge is 2.44. The van der Waals surface area contributed by atoms with Crippen molar-refractivity contribution in [3.8, 4) is 0 Å². The Morgan fingerprint density at radius 3 is 2.56 bits per heavy atom. The number of hydrogen-bond donors (Lipinski definition) is 1. The monoisotopic (exact) mass is 466 g/mol. The Kier molecular flexibility index (Phi) is 6.31. The molecule has 1 amide bonds. The second kappa shape index (κ2) is 9.24. The van der Waals surface area contributed by atoms with Gasteiger partial charge in [-0.15, -0.1) is 0 Å². The van der Waals surface area contributed by atoms with Crippen molar-refractivity contribution in [2.45, 2.75) is 56.3 Å². The van der Waals surface area contributed by atoms with Gasteiger partial charge in [0.05, 0.1) is 30.5 Å². The van der Waals surface area contributed by atoms with E-state index in [1.165, 1.54) is 0 Å². The van der Waals surface area contributed by atoms with E-state index >= 15 is 0 Å². The van der Waals surface area contributed by atoms with Crippen LogP contribution in [0.2, 0.25) is 0 Å². The van der Waals surface area contributed by atoms with Gasteiger partial charge in [0.25, 0.3) is 5.91 Å². The highest BCUT2D eigenvalue weighted by molar-refractivity contribution is 5.94. The predicted molar refractivity (Wildman–Crippen MR) is 128 cm³/mol. The smallest absolute Gasteiger partial charge is 0.253 e. The van der Waals surface area contributed by atoms with Crippen LogP contribution in [0.5, 0.6) is 0 Å². The summed E-state index contributed by atoms with van der Waals surface area (Å²) in [4.78, 5) is 26.3. The number of carbonyl (C=O) groups excluding carboxylic acids is 1. The molecule has 1 atom stereocenters. The average molecular weight is 467 g/mol. The zero-order valence-corrected chi connectivity index (χ0v) is 20.1. The summed E-state index contributed by atoms with van der Waals surface area (Å²) in [6.45, 7) is 5.14. The number of aryl methyl sites for hydroxylation is 1. The van der Waals surface area contributed by atoms with Gasteiger partial charge in [0.15, 0.2) is 0 Å². The maximum absolute atomic E-state index is 13.3. The first kappa shape index (κ1) is 23.2. The minimum atomic E-state index is -0.714. The minimum Gasteiger partial charge on any atom is -0.385 e. The molecule has 1 aromatic heterocycles. The number of ether oxygens (including phenoxy) is 2. The highest BCUT2D eigenvalue weighted by Crippen LogP contribution is 2.42. The quantitative estimate of drug-likeness (QED) is 0.725. The van der Waals surface area contributed by atoms with Gasteiger partial charge in [-0.3, -0.25) is 4.79 Å². The zero-order chi connectivity index (χ0) is 23.8. The van der Waals surface area contributed by atoms with Crippen LogP contribution >= 0.6 is 0 Å². The predicted octanol–water partition coefficient (Wildman–Crippen LogP) is 2.68. The normalized spacial score (nSPS) is 23.6. The van der Waals surface area contributed by atoms with Gasteiger partial charge in [0.1, 0.15) is 0 Å². The maximum atomic E-state index is 13.3. The minimum absolute atomic E-state index is 0.0394. The van der Waals surface area contributed by atoms with Gasteiger partial charge in [-0.2, -0.15) is 0 Å². The SMILES string of the molecule is COCC1CN(c2ncccn2)CC2(CCN(C(=O)c3ccc(C4(O)CCC4)c(C)c3)CC2)O1. The van der Waals surface area contributed by atoms with Gasteiger partial charge < -0.3 is 24.4 Å². The van der Waals surface area contributed by atoms with Gasteiger partial charge in [0, 0.05) is 44.7 Å². The lowest BCUT2D eigenvalue weighted by molar-refractivity contribution is -0.145. The first-order valence-corrected chi connectivity index (χ1v) is 12.2. The summed E-state index contributed by atoms with van der Waals surface area (Å²) >= 11 is 0. The van der Waals surface area contributed by atoms with Crippen molar-refractivity contribution >= 4 is 11.9 Å². The fourth-order valence-corrected chi connectivity index (χ4v) is 5.64. The van der Waals surface area contributed by atoms with Gasteiger partial charge in [0.2, 0.25) is 5.95 Å². The molecule has 1 aromatic carbocycles. The number of rotatable bonds is 5. The topological polar surface area (TPSA) is 88.0 Å². The maximum Gasteiger partial charge on any atom is 0.253 e. The molecule has 2 aromatic rings. The fourth-order valence-electron chi connectivity index (χ4n) is 5.64. The lowest BCUT2D eigenvalue weighted by Crippen LogP contribution is -2.61. The van der Waals surface area contributed by atoms with E-state index in [4.69, 9.17) is 9.47 Å².